The molecule has 0 aliphatic heterocycles. The number of carbonyl (C=O) groups excluding carboxylic acids is 1. The Morgan fingerprint density at radius 1 is 1.20 bits per heavy atom. The minimum absolute atomic E-state index is 0.0336. The van der Waals surface area contributed by atoms with Crippen molar-refractivity contribution < 1.29 is 17.9 Å². The number of amides is 1. The summed E-state index contributed by atoms with van der Waals surface area (Å²) in [5.74, 6) is 0.750. The van der Waals surface area contributed by atoms with E-state index in [0.29, 0.717) is 22.5 Å². The largest absolute Gasteiger partial charge is 0.497 e. The molecule has 1 aliphatic rings. The van der Waals surface area contributed by atoms with Crippen LogP contribution in [0.25, 0.3) is 0 Å². The molecule has 9 heteroatoms. The van der Waals surface area contributed by atoms with Crippen LogP contribution < -0.4 is 14.4 Å². The number of aromatic nitrogens is 1. The maximum atomic E-state index is 13.1. The number of benzene rings is 2. The van der Waals surface area contributed by atoms with Gasteiger partial charge in [-0.3, -0.25) is 14.4 Å². The first-order chi connectivity index (χ1) is 14.4. The van der Waals surface area contributed by atoms with Gasteiger partial charge in [-0.25, -0.2) is 13.4 Å². The lowest BCUT2D eigenvalue weighted by molar-refractivity contribution is 0.102. The van der Waals surface area contributed by atoms with Crippen LogP contribution in [0.4, 0.5) is 10.8 Å². The Bertz CT molecular complexity index is 1170. The summed E-state index contributed by atoms with van der Waals surface area (Å²) in [4.78, 5) is 17.1. The molecule has 0 saturated heterocycles. The van der Waals surface area contributed by atoms with Crippen LogP contribution in [0.1, 0.15) is 34.8 Å². The molecule has 1 saturated carbocycles. The van der Waals surface area contributed by atoms with Gasteiger partial charge in [0.25, 0.3) is 15.9 Å². The van der Waals surface area contributed by atoms with Gasteiger partial charge in [-0.05, 0) is 55.3 Å². The molecule has 0 spiro atoms. The number of hydrogen-bond acceptors (Lipinski definition) is 6. The van der Waals surface area contributed by atoms with Crippen molar-refractivity contribution in [3.8, 4) is 5.75 Å². The number of nitrogens with zero attached hydrogens (tertiary/aromatic N) is 2. The maximum absolute atomic E-state index is 13.1. The molecule has 4 rings (SSSR count). The lowest BCUT2D eigenvalue weighted by Gasteiger charge is -2.20. The van der Waals surface area contributed by atoms with Gasteiger partial charge in [0.05, 0.1) is 23.4 Å². The van der Waals surface area contributed by atoms with Gasteiger partial charge < -0.3 is 4.74 Å². The molecule has 1 fully saturated rings. The van der Waals surface area contributed by atoms with Crippen molar-refractivity contribution in [1.82, 2.24) is 4.98 Å². The van der Waals surface area contributed by atoms with Crippen molar-refractivity contribution in [2.75, 3.05) is 23.8 Å². The number of sulfonamides is 1. The highest BCUT2D eigenvalue weighted by Gasteiger charge is 2.26. The molecule has 1 amide bonds. The zero-order chi connectivity index (χ0) is 21.3. The molecule has 1 aliphatic carbocycles. The van der Waals surface area contributed by atoms with E-state index in [1.807, 2.05) is 5.38 Å². The summed E-state index contributed by atoms with van der Waals surface area (Å²) in [6, 6.07) is 12.7. The second kappa shape index (κ2) is 8.08. The summed E-state index contributed by atoms with van der Waals surface area (Å²) in [7, 11) is -0.823. The van der Waals surface area contributed by atoms with Crippen molar-refractivity contribution in [2.45, 2.75) is 23.7 Å². The normalized spacial score (nSPS) is 13.7. The van der Waals surface area contributed by atoms with Crippen molar-refractivity contribution >= 4 is 38.1 Å². The third kappa shape index (κ3) is 4.17. The van der Waals surface area contributed by atoms with Crippen molar-refractivity contribution in [3.63, 3.8) is 0 Å². The highest BCUT2D eigenvalue weighted by molar-refractivity contribution is 7.92. The van der Waals surface area contributed by atoms with Crippen LogP contribution in [-0.4, -0.2) is 33.5 Å². The zero-order valence-corrected chi connectivity index (χ0v) is 18.2. The van der Waals surface area contributed by atoms with Crippen molar-refractivity contribution in [3.05, 3.63) is 65.2 Å². The van der Waals surface area contributed by atoms with Gasteiger partial charge in [-0.1, -0.05) is 6.07 Å². The highest BCUT2D eigenvalue weighted by Crippen LogP contribution is 2.40. The molecule has 0 bridgehead atoms. The lowest BCUT2D eigenvalue weighted by atomic mass is 10.2. The standard InChI is InChI=1S/C21H21N3O4S2/c1-24(16-8-10-17(28-2)11-9-16)30(26,27)18-5-3-4-15(12-18)20(25)23-21-22-19(13-29-21)14-6-7-14/h3-5,8-14H,6-7H2,1-2H3,(H,22,23,25). The van der Waals surface area contributed by atoms with E-state index >= 15 is 0 Å². The molecular weight excluding hydrogens is 422 g/mol. The van der Waals surface area contributed by atoms with Crippen LogP contribution in [0.5, 0.6) is 5.75 Å². The molecule has 0 atom stereocenters. The molecular formula is C21H21N3O4S2. The van der Waals surface area contributed by atoms with Crippen LogP contribution >= 0.6 is 11.3 Å². The van der Waals surface area contributed by atoms with Gasteiger partial charge in [0, 0.05) is 23.9 Å². The fraction of sp³-hybridized carbons (Fsp3) is 0.238. The summed E-state index contributed by atoms with van der Waals surface area (Å²) < 4.78 is 32.4. The number of anilines is 2. The number of ether oxygens (including phenoxy) is 1. The first-order valence-corrected chi connectivity index (χ1v) is 11.7. The minimum atomic E-state index is -3.84. The molecule has 3 aromatic rings. The molecule has 1 N–H and O–H groups in total. The van der Waals surface area contributed by atoms with E-state index in [1.54, 1.807) is 43.5 Å². The number of nitrogens with one attached hydrogen (secondary N) is 1. The highest BCUT2D eigenvalue weighted by atomic mass is 32.2. The van der Waals surface area contributed by atoms with E-state index in [1.165, 1.54) is 34.8 Å². The molecule has 156 valence electrons. The van der Waals surface area contributed by atoms with E-state index in [-0.39, 0.29) is 10.5 Å². The molecule has 7 nitrogen and oxygen atoms in total. The van der Waals surface area contributed by atoms with Gasteiger partial charge in [0.2, 0.25) is 0 Å². The SMILES string of the molecule is COc1ccc(N(C)S(=O)(=O)c2cccc(C(=O)Nc3nc(C4CC4)cs3)c2)cc1. The lowest BCUT2D eigenvalue weighted by Crippen LogP contribution is -2.26. The fourth-order valence-electron chi connectivity index (χ4n) is 2.97. The Balaban J connectivity index is 1.53. The number of rotatable bonds is 7. The first kappa shape index (κ1) is 20.4. The molecule has 2 aromatic carbocycles. The van der Waals surface area contributed by atoms with Crippen LogP contribution in [-0.2, 0) is 10.0 Å². The van der Waals surface area contributed by atoms with Crippen LogP contribution in [0.3, 0.4) is 0 Å². The predicted molar refractivity (Wildman–Crippen MR) is 117 cm³/mol. The van der Waals surface area contributed by atoms with Gasteiger partial charge in [0.15, 0.2) is 5.13 Å². The summed E-state index contributed by atoms with van der Waals surface area (Å²) >= 11 is 1.38. The third-order valence-corrected chi connectivity index (χ3v) is 7.49. The number of hydrogen-bond donors (Lipinski definition) is 1. The van der Waals surface area contributed by atoms with Crippen LogP contribution in [0.2, 0.25) is 0 Å². The Hall–Kier alpha value is -2.91. The second-order valence-corrected chi connectivity index (χ2v) is 9.83. The van der Waals surface area contributed by atoms with E-state index in [0.717, 1.165) is 18.5 Å². The Labute approximate surface area is 179 Å². The average molecular weight is 444 g/mol. The second-order valence-electron chi connectivity index (χ2n) is 7.00. The maximum Gasteiger partial charge on any atom is 0.264 e. The number of carbonyl (C=O) groups is 1. The molecule has 0 unspecified atom stereocenters. The van der Waals surface area contributed by atoms with Gasteiger partial charge in [-0.2, -0.15) is 0 Å². The van der Waals surface area contributed by atoms with E-state index in [9.17, 15) is 13.2 Å². The molecule has 30 heavy (non-hydrogen) atoms. The molecule has 1 aromatic heterocycles. The summed E-state index contributed by atoms with van der Waals surface area (Å²) in [5, 5.41) is 5.23. The van der Waals surface area contributed by atoms with Gasteiger partial charge in [0.1, 0.15) is 5.75 Å². The zero-order valence-electron chi connectivity index (χ0n) is 16.5. The quantitative estimate of drug-likeness (QED) is 0.594. The Morgan fingerprint density at radius 3 is 2.60 bits per heavy atom. The number of thiazole rings is 1. The van der Waals surface area contributed by atoms with E-state index in [4.69, 9.17) is 4.74 Å². The fourth-order valence-corrected chi connectivity index (χ4v) is 5.00. The van der Waals surface area contributed by atoms with Crippen LogP contribution in [0.15, 0.2) is 58.8 Å². The third-order valence-electron chi connectivity index (χ3n) is 4.93. The molecule has 1 heterocycles. The first-order valence-electron chi connectivity index (χ1n) is 9.38. The summed E-state index contributed by atoms with van der Waals surface area (Å²) in [6.07, 6.45) is 2.28. The summed E-state index contributed by atoms with van der Waals surface area (Å²) in [6.45, 7) is 0. The smallest absolute Gasteiger partial charge is 0.264 e. The number of methoxy groups -OCH3 is 1. The van der Waals surface area contributed by atoms with E-state index in [2.05, 4.69) is 10.3 Å². The Kier molecular flexibility index (Phi) is 5.48. The van der Waals surface area contributed by atoms with Crippen molar-refractivity contribution in [2.24, 2.45) is 0 Å². The van der Waals surface area contributed by atoms with Gasteiger partial charge >= 0.3 is 0 Å². The van der Waals surface area contributed by atoms with Crippen molar-refractivity contribution in [1.29, 1.82) is 0 Å². The summed E-state index contributed by atoms with van der Waals surface area (Å²) in [5.41, 5.74) is 1.75. The Morgan fingerprint density at radius 2 is 1.93 bits per heavy atom. The van der Waals surface area contributed by atoms with E-state index < -0.39 is 15.9 Å². The van der Waals surface area contributed by atoms with Crippen LogP contribution in [0, 0.1) is 0 Å². The van der Waals surface area contributed by atoms with Gasteiger partial charge in [-0.15, -0.1) is 11.3 Å². The topological polar surface area (TPSA) is 88.6 Å². The molecule has 0 radical (unpaired) electrons. The minimum Gasteiger partial charge on any atom is -0.497 e. The average Bonchev–Trinajstić information content (AvgIpc) is 3.52. The monoisotopic (exact) mass is 443 g/mol. The predicted octanol–water partition coefficient (Wildman–Crippen LogP) is 4.11.